The Kier molecular flexibility index (Phi) is 1.65. The first-order valence-corrected chi connectivity index (χ1v) is 4.68. The normalized spacial score (nSPS) is 46.1. The molecule has 2 fully saturated rings. The standard InChI is InChI=1S/C9H16N2O/c1-6-4-9(6)5-7(8(10)12)2-3-11-9/h6-7,11H,2-5H2,1H3,(H2,10,12). The Morgan fingerprint density at radius 1 is 1.58 bits per heavy atom. The van der Waals surface area contributed by atoms with Gasteiger partial charge in [0, 0.05) is 11.5 Å². The van der Waals surface area contributed by atoms with E-state index in [0.717, 1.165) is 25.3 Å². The van der Waals surface area contributed by atoms with Crippen LogP contribution in [0.5, 0.6) is 0 Å². The molecule has 1 aliphatic carbocycles. The average Bonchev–Trinajstić information content (AvgIpc) is 2.61. The Bertz CT molecular complexity index is 217. The van der Waals surface area contributed by atoms with Gasteiger partial charge >= 0.3 is 0 Å². The summed E-state index contributed by atoms with van der Waals surface area (Å²) in [6, 6.07) is 0. The molecule has 12 heavy (non-hydrogen) atoms. The topological polar surface area (TPSA) is 55.1 Å². The second-order valence-electron chi connectivity index (χ2n) is 4.28. The Balaban J connectivity index is 2.00. The summed E-state index contributed by atoms with van der Waals surface area (Å²) in [5, 5.41) is 3.50. The van der Waals surface area contributed by atoms with Crippen LogP contribution >= 0.6 is 0 Å². The Hall–Kier alpha value is -0.570. The molecule has 3 atom stereocenters. The lowest BCUT2D eigenvalue weighted by molar-refractivity contribution is -0.123. The van der Waals surface area contributed by atoms with Gasteiger partial charge in [-0.2, -0.15) is 0 Å². The van der Waals surface area contributed by atoms with Crippen molar-refractivity contribution in [2.24, 2.45) is 17.6 Å². The van der Waals surface area contributed by atoms with Crippen LogP contribution < -0.4 is 11.1 Å². The van der Waals surface area contributed by atoms with Crippen molar-refractivity contribution in [1.82, 2.24) is 5.32 Å². The van der Waals surface area contributed by atoms with Crippen LogP contribution in [0.1, 0.15) is 26.2 Å². The van der Waals surface area contributed by atoms with E-state index in [2.05, 4.69) is 12.2 Å². The molecule has 0 bridgehead atoms. The molecule has 2 rings (SSSR count). The number of hydrogen-bond acceptors (Lipinski definition) is 2. The molecule has 1 saturated heterocycles. The van der Waals surface area contributed by atoms with Crippen LogP contribution in [-0.4, -0.2) is 18.0 Å². The van der Waals surface area contributed by atoms with E-state index in [1.165, 1.54) is 6.42 Å². The SMILES string of the molecule is CC1CC12CC(C(N)=O)CCN2. The number of primary amides is 1. The Morgan fingerprint density at radius 3 is 2.75 bits per heavy atom. The highest BCUT2D eigenvalue weighted by molar-refractivity contribution is 5.77. The van der Waals surface area contributed by atoms with Crippen LogP contribution in [0.15, 0.2) is 0 Å². The van der Waals surface area contributed by atoms with Gasteiger partial charge in [-0.25, -0.2) is 0 Å². The van der Waals surface area contributed by atoms with Crippen molar-refractivity contribution in [2.75, 3.05) is 6.54 Å². The number of carbonyl (C=O) groups excluding carboxylic acids is 1. The third-order valence-electron chi connectivity index (χ3n) is 3.44. The van der Waals surface area contributed by atoms with Crippen molar-refractivity contribution in [2.45, 2.75) is 31.7 Å². The van der Waals surface area contributed by atoms with E-state index < -0.39 is 0 Å². The molecule has 0 radical (unpaired) electrons. The van der Waals surface area contributed by atoms with Crippen LogP contribution in [0.2, 0.25) is 0 Å². The monoisotopic (exact) mass is 168 g/mol. The van der Waals surface area contributed by atoms with Crippen LogP contribution in [0.25, 0.3) is 0 Å². The van der Waals surface area contributed by atoms with Gasteiger partial charge in [-0.15, -0.1) is 0 Å². The zero-order valence-electron chi connectivity index (χ0n) is 7.47. The van der Waals surface area contributed by atoms with Crippen LogP contribution in [0, 0.1) is 11.8 Å². The van der Waals surface area contributed by atoms with Gasteiger partial charge < -0.3 is 11.1 Å². The number of nitrogens with two attached hydrogens (primary N) is 1. The molecule has 1 spiro atoms. The molecule has 0 aromatic heterocycles. The average molecular weight is 168 g/mol. The maximum atomic E-state index is 11.0. The van der Waals surface area contributed by atoms with Crippen molar-refractivity contribution < 1.29 is 4.79 Å². The van der Waals surface area contributed by atoms with E-state index in [1.807, 2.05) is 0 Å². The predicted octanol–water partition coefficient (Wildman–Crippen LogP) is 0.250. The molecule has 3 N–H and O–H groups in total. The molecule has 1 heterocycles. The molecular weight excluding hydrogens is 152 g/mol. The first-order chi connectivity index (χ1) is 5.64. The molecular formula is C9H16N2O. The van der Waals surface area contributed by atoms with Crippen molar-refractivity contribution >= 4 is 5.91 Å². The minimum absolute atomic E-state index is 0.116. The minimum Gasteiger partial charge on any atom is -0.369 e. The van der Waals surface area contributed by atoms with E-state index in [-0.39, 0.29) is 17.4 Å². The summed E-state index contributed by atoms with van der Waals surface area (Å²) >= 11 is 0. The Morgan fingerprint density at radius 2 is 2.25 bits per heavy atom. The summed E-state index contributed by atoms with van der Waals surface area (Å²) in [7, 11) is 0. The highest BCUT2D eigenvalue weighted by atomic mass is 16.1. The lowest BCUT2D eigenvalue weighted by Gasteiger charge is -2.29. The molecule has 3 unspecified atom stereocenters. The van der Waals surface area contributed by atoms with Gasteiger partial charge in [-0.1, -0.05) is 6.92 Å². The van der Waals surface area contributed by atoms with Crippen LogP contribution in [-0.2, 0) is 4.79 Å². The number of rotatable bonds is 1. The highest BCUT2D eigenvalue weighted by Crippen LogP contribution is 2.49. The maximum absolute atomic E-state index is 11.0. The lowest BCUT2D eigenvalue weighted by atomic mass is 9.89. The first kappa shape index (κ1) is 8.05. The quantitative estimate of drug-likeness (QED) is 0.589. The van der Waals surface area contributed by atoms with E-state index in [4.69, 9.17) is 5.73 Å². The van der Waals surface area contributed by atoms with Gasteiger partial charge in [0.1, 0.15) is 0 Å². The summed E-state index contributed by atoms with van der Waals surface area (Å²) in [6.07, 6.45) is 3.10. The molecule has 2 aliphatic rings. The molecule has 68 valence electrons. The lowest BCUT2D eigenvalue weighted by Crippen LogP contribution is -2.45. The predicted molar refractivity (Wildman–Crippen MR) is 46.4 cm³/mol. The van der Waals surface area contributed by atoms with Gasteiger partial charge in [0.2, 0.25) is 5.91 Å². The number of carbonyl (C=O) groups is 1. The molecule has 3 heteroatoms. The van der Waals surface area contributed by atoms with Gasteiger partial charge in [-0.05, 0) is 31.7 Å². The van der Waals surface area contributed by atoms with Crippen molar-refractivity contribution in [3.8, 4) is 0 Å². The molecule has 1 amide bonds. The van der Waals surface area contributed by atoms with Gasteiger partial charge in [-0.3, -0.25) is 4.79 Å². The third-order valence-corrected chi connectivity index (χ3v) is 3.44. The number of piperidine rings is 1. The maximum Gasteiger partial charge on any atom is 0.220 e. The second kappa shape index (κ2) is 2.46. The highest BCUT2D eigenvalue weighted by Gasteiger charge is 2.53. The molecule has 1 saturated carbocycles. The fourth-order valence-corrected chi connectivity index (χ4v) is 2.37. The zero-order chi connectivity index (χ0) is 8.77. The second-order valence-corrected chi connectivity index (χ2v) is 4.28. The molecule has 3 nitrogen and oxygen atoms in total. The number of amides is 1. The van der Waals surface area contributed by atoms with Gasteiger partial charge in [0.05, 0.1) is 0 Å². The van der Waals surface area contributed by atoms with E-state index in [0.29, 0.717) is 0 Å². The van der Waals surface area contributed by atoms with E-state index >= 15 is 0 Å². The summed E-state index contributed by atoms with van der Waals surface area (Å²) in [6.45, 7) is 3.19. The Labute approximate surface area is 72.7 Å². The van der Waals surface area contributed by atoms with E-state index in [9.17, 15) is 4.79 Å². The van der Waals surface area contributed by atoms with E-state index in [1.54, 1.807) is 0 Å². The van der Waals surface area contributed by atoms with Gasteiger partial charge in [0.15, 0.2) is 0 Å². The summed E-state index contributed by atoms with van der Waals surface area (Å²) in [5.41, 5.74) is 5.58. The number of nitrogens with one attached hydrogen (secondary N) is 1. The molecule has 1 aliphatic heterocycles. The first-order valence-electron chi connectivity index (χ1n) is 4.68. The third kappa shape index (κ3) is 1.12. The summed E-state index contributed by atoms with van der Waals surface area (Å²) in [4.78, 5) is 11.0. The van der Waals surface area contributed by atoms with Crippen molar-refractivity contribution in [1.29, 1.82) is 0 Å². The van der Waals surface area contributed by atoms with Crippen molar-refractivity contribution in [3.63, 3.8) is 0 Å². The number of hydrogen-bond donors (Lipinski definition) is 2. The van der Waals surface area contributed by atoms with Crippen LogP contribution in [0.4, 0.5) is 0 Å². The minimum atomic E-state index is -0.116. The summed E-state index contributed by atoms with van der Waals surface area (Å²) in [5.74, 6) is 0.742. The fraction of sp³-hybridized carbons (Fsp3) is 0.889. The molecule has 0 aromatic carbocycles. The fourth-order valence-electron chi connectivity index (χ4n) is 2.37. The largest absolute Gasteiger partial charge is 0.369 e. The van der Waals surface area contributed by atoms with Crippen LogP contribution in [0.3, 0.4) is 0 Å². The molecule has 0 aromatic rings. The zero-order valence-corrected chi connectivity index (χ0v) is 7.47. The van der Waals surface area contributed by atoms with Crippen molar-refractivity contribution in [3.05, 3.63) is 0 Å². The smallest absolute Gasteiger partial charge is 0.220 e. The van der Waals surface area contributed by atoms with Gasteiger partial charge in [0.25, 0.3) is 0 Å². The summed E-state index contributed by atoms with van der Waals surface area (Å²) < 4.78 is 0.